The highest BCUT2D eigenvalue weighted by molar-refractivity contribution is 5.94. The molecular weight excluding hydrogens is 417 g/mol. The van der Waals surface area contributed by atoms with E-state index in [0.717, 1.165) is 47.9 Å². The molecule has 0 radical (unpaired) electrons. The van der Waals surface area contributed by atoms with Crippen LogP contribution >= 0.6 is 0 Å². The predicted molar refractivity (Wildman–Crippen MR) is 118 cm³/mol. The number of pyridine rings is 1. The van der Waals surface area contributed by atoms with E-state index in [4.69, 9.17) is 0 Å². The van der Waals surface area contributed by atoms with Gasteiger partial charge in [-0.15, -0.1) is 5.10 Å². The van der Waals surface area contributed by atoms with Gasteiger partial charge in [-0.2, -0.15) is 18.3 Å². The maximum atomic E-state index is 13.4. The van der Waals surface area contributed by atoms with E-state index in [1.807, 2.05) is 26.1 Å². The normalized spacial score (nSPS) is 21.4. The summed E-state index contributed by atoms with van der Waals surface area (Å²) in [5, 5.41) is 17.1. The van der Waals surface area contributed by atoms with Crippen molar-refractivity contribution in [3.8, 4) is 0 Å². The van der Waals surface area contributed by atoms with Crippen molar-refractivity contribution in [2.75, 3.05) is 23.3 Å². The van der Waals surface area contributed by atoms with E-state index >= 15 is 0 Å². The lowest BCUT2D eigenvalue weighted by atomic mass is 9.97. The molecule has 2 aliphatic rings. The Hall–Kier alpha value is -2.94. The molecule has 1 aromatic carbocycles. The summed E-state index contributed by atoms with van der Waals surface area (Å²) in [6.45, 7) is 7.12. The summed E-state index contributed by atoms with van der Waals surface area (Å²) in [4.78, 5) is 7.00. The zero-order chi connectivity index (χ0) is 22.6. The molecule has 2 fully saturated rings. The predicted octanol–water partition coefficient (Wildman–Crippen LogP) is 4.38. The van der Waals surface area contributed by atoms with Crippen LogP contribution in [0.3, 0.4) is 0 Å². The van der Waals surface area contributed by atoms with Crippen LogP contribution in [0.5, 0.6) is 0 Å². The van der Waals surface area contributed by atoms with Crippen LogP contribution in [0.4, 0.5) is 24.8 Å². The van der Waals surface area contributed by atoms with Crippen LogP contribution in [-0.2, 0) is 6.18 Å². The van der Waals surface area contributed by atoms with Gasteiger partial charge in [0.1, 0.15) is 5.82 Å². The molecule has 0 saturated carbocycles. The van der Waals surface area contributed by atoms with Crippen LogP contribution in [0.1, 0.15) is 41.8 Å². The molecule has 0 aliphatic carbocycles. The number of alkyl halides is 3. The molecule has 2 aromatic heterocycles. The van der Waals surface area contributed by atoms with Gasteiger partial charge in [0.05, 0.1) is 23.3 Å². The minimum Gasteiger partial charge on any atom is -0.362 e. The van der Waals surface area contributed by atoms with Gasteiger partial charge in [0.2, 0.25) is 0 Å². The summed E-state index contributed by atoms with van der Waals surface area (Å²) in [7, 11) is 0. The minimum absolute atomic E-state index is 0.215. The number of anilines is 2. The lowest BCUT2D eigenvalue weighted by Crippen LogP contribution is -2.59. The van der Waals surface area contributed by atoms with Crippen LogP contribution < -0.4 is 15.5 Å². The van der Waals surface area contributed by atoms with Gasteiger partial charge in [0.15, 0.2) is 5.82 Å². The van der Waals surface area contributed by atoms with Crippen molar-refractivity contribution >= 4 is 22.4 Å². The Kier molecular flexibility index (Phi) is 4.96. The van der Waals surface area contributed by atoms with Crippen molar-refractivity contribution in [2.45, 2.75) is 51.5 Å². The lowest BCUT2D eigenvalue weighted by molar-refractivity contribution is -0.138. The molecule has 2 N–H and O–H groups in total. The summed E-state index contributed by atoms with van der Waals surface area (Å²) < 4.78 is 40.1. The summed E-state index contributed by atoms with van der Waals surface area (Å²) in [6.07, 6.45) is -1.48. The lowest BCUT2D eigenvalue weighted by Gasteiger charge is -2.37. The second-order valence-corrected chi connectivity index (χ2v) is 8.67. The first-order valence-electron chi connectivity index (χ1n) is 10.8. The van der Waals surface area contributed by atoms with Gasteiger partial charge in [0, 0.05) is 36.1 Å². The molecule has 4 heterocycles. The fraction of sp³-hybridized carbons (Fsp3) is 0.435. The van der Waals surface area contributed by atoms with Gasteiger partial charge in [-0.1, -0.05) is 12.1 Å². The third-order valence-electron chi connectivity index (χ3n) is 6.76. The number of hydrogen-bond acceptors (Lipinski definition) is 6. The maximum Gasteiger partial charge on any atom is 0.416 e. The van der Waals surface area contributed by atoms with E-state index in [2.05, 4.69) is 30.7 Å². The average Bonchev–Trinajstić information content (AvgIpc) is 3.02. The van der Waals surface area contributed by atoms with Gasteiger partial charge in [-0.3, -0.25) is 0 Å². The molecule has 0 bridgehead atoms. The highest BCUT2D eigenvalue weighted by Crippen LogP contribution is 2.36. The number of nitrogens with one attached hydrogen (secondary N) is 2. The van der Waals surface area contributed by atoms with Crippen LogP contribution in [0, 0.1) is 13.8 Å². The fourth-order valence-electron chi connectivity index (χ4n) is 4.88. The van der Waals surface area contributed by atoms with E-state index in [1.165, 1.54) is 13.0 Å². The third-order valence-corrected chi connectivity index (χ3v) is 6.76. The van der Waals surface area contributed by atoms with Crippen LogP contribution in [0.15, 0.2) is 30.5 Å². The first-order chi connectivity index (χ1) is 15.2. The molecule has 6 nitrogen and oxygen atoms in total. The quantitative estimate of drug-likeness (QED) is 0.625. The van der Waals surface area contributed by atoms with Crippen molar-refractivity contribution in [2.24, 2.45) is 0 Å². The first-order valence-corrected chi connectivity index (χ1v) is 10.8. The zero-order valence-corrected chi connectivity index (χ0v) is 18.2. The highest BCUT2D eigenvalue weighted by Gasteiger charge is 2.41. The van der Waals surface area contributed by atoms with Crippen molar-refractivity contribution in [1.29, 1.82) is 0 Å². The number of aromatic nitrogens is 3. The Labute approximate surface area is 184 Å². The smallest absolute Gasteiger partial charge is 0.362 e. The molecule has 3 atom stereocenters. The van der Waals surface area contributed by atoms with Gasteiger partial charge in [-0.25, -0.2) is 4.98 Å². The molecule has 3 aromatic rings. The van der Waals surface area contributed by atoms with E-state index in [-0.39, 0.29) is 11.6 Å². The summed E-state index contributed by atoms with van der Waals surface area (Å²) in [5.74, 6) is 1.44. The Morgan fingerprint density at radius 1 is 1.19 bits per heavy atom. The standard InChI is InChI=1S/C23H25F3N6/c1-12-15(5-4-6-18(12)23(24,25)26)13(2)29-22-16-9-21(28-10-17(16)14(3)30-31-22)32-8-7-19-20(32)11-27-19/h4-6,9-10,13,19-20,27H,7-8,11H2,1-3H3,(H,29,31)/t13-,19?,20?/m1/s1. The minimum atomic E-state index is -4.39. The van der Waals surface area contributed by atoms with E-state index < -0.39 is 11.7 Å². The fourth-order valence-corrected chi connectivity index (χ4v) is 4.88. The van der Waals surface area contributed by atoms with Crippen molar-refractivity contribution < 1.29 is 13.2 Å². The molecule has 5 rings (SSSR count). The Morgan fingerprint density at radius 2 is 2.00 bits per heavy atom. The monoisotopic (exact) mass is 442 g/mol. The summed E-state index contributed by atoms with van der Waals surface area (Å²) in [5.41, 5.74) is 0.935. The Balaban J connectivity index is 1.50. The Bertz CT molecular complexity index is 1180. The zero-order valence-electron chi connectivity index (χ0n) is 18.2. The van der Waals surface area contributed by atoms with Crippen LogP contribution in [-0.4, -0.2) is 40.4 Å². The van der Waals surface area contributed by atoms with Crippen molar-refractivity contribution in [1.82, 2.24) is 20.5 Å². The third kappa shape index (κ3) is 3.44. The van der Waals surface area contributed by atoms with Gasteiger partial charge in [0.25, 0.3) is 0 Å². The van der Waals surface area contributed by atoms with Gasteiger partial charge in [-0.05, 0) is 50.5 Å². The molecule has 0 spiro atoms. The Morgan fingerprint density at radius 3 is 2.69 bits per heavy atom. The molecule has 2 unspecified atom stereocenters. The maximum absolute atomic E-state index is 13.4. The second kappa shape index (κ2) is 7.58. The van der Waals surface area contributed by atoms with Crippen molar-refractivity contribution in [3.05, 3.63) is 52.8 Å². The number of hydrogen-bond donors (Lipinski definition) is 2. The van der Waals surface area contributed by atoms with Gasteiger partial charge < -0.3 is 15.5 Å². The van der Waals surface area contributed by atoms with E-state index in [0.29, 0.717) is 23.5 Å². The van der Waals surface area contributed by atoms with E-state index in [1.54, 1.807) is 6.07 Å². The number of rotatable bonds is 4. The molecule has 168 valence electrons. The number of benzene rings is 1. The first kappa shape index (κ1) is 20.9. The number of halogens is 3. The molecule has 32 heavy (non-hydrogen) atoms. The number of fused-ring (bicyclic) bond motifs is 2. The molecule has 2 saturated heterocycles. The SMILES string of the molecule is Cc1c([C@@H](C)Nc2nnc(C)c3cnc(N4CCC5NCC54)cc23)cccc1C(F)(F)F. The van der Waals surface area contributed by atoms with Gasteiger partial charge >= 0.3 is 6.18 Å². The second-order valence-electron chi connectivity index (χ2n) is 8.67. The van der Waals surface area contributed by atoms with Crippen molar-refractivity contribution in [3.63, 3.8) is 0 Å². The number of nitrogens with zero attached hydrogens (tertiary/aromatic N) is 4. The topological polar surface area (TPSA) is 66.0 Å². The number of aryl methyl sites for hydroxylation is 1. The molecule has 0 amide bonds. The van der Waals surface area contributed by atoms with Crippen LogP contribution in [0.25, 0.3) is 10.8 Å². The van der Waals surface area contributed by atoms with E-state index in [9.17, 15) is 13.2 Å². The largest absolute Gasteiger partial charge is 0.416 e. The summed E-state index contributed by atoms with van der Waals surface area (Å²) >= 11 is 0. The average molecular weight is 442 g/mol. The molecule has 2 aliphatic heterocycles. The summed E-state index contributed by atoms with van der Waals surface area (Å²) in [6, 6.07) is 6.88. The highest BCUT2D eigenvalue weighted by atomic mass is 19.4. The van der Waals surface area contributed by atoms with Crippen LogP contribution in [0.2, 0.25) is 0 Å². The molecular formula is C23H25F3N6. The molecule has 9 heteroatoms.